The van der Waals surface area contributed by atoms with Gasteiger partial charge in [0.05, 0.1) is 5.54 Å². The fraction of sp³-hybridized carbons (Fsp3) is 0.833. The minimum Gasteiger partial charge on any atom is -0.396 e. The van der Waals surface area contributed by atoms with E-state index in [0.29, 0.717) is 6.42 Å². The van der Waals surface area contributed by atoms with Crippen LogP contribution in [0.4, 0.5) is 0 Å². The van der Waals surface area contributed by atoms with Gasteiger partial charge in [0, 0.05) is 6.61 Å². The van der Waals surface area contributed by atoms with Crippen LogP contribution in [0.2, 0.25) is 0 Å². The zero-order valence-electron chi connectivity index (χ0n) is 6.46. The lowest BCUT2D eigenvalue weighted by atomic mass is 10.0. The van der Waals surface area contributed by atoms with E-state index in [9.17, 15) is 0 Å². The molecule has 4 nitrogen and oxygen atoms in total. The van der Waals surface area contributed by atoms with Crippen LogP contribution in [0.25, 0.3) is 0 Å². The van der Waals surface area contributed by atoms with Crippen LogP contribution in [-0.4, -0.2) is 23.2 Å². The van der Waals surface area contributed by atoms with E-state index in [1.54, 1.807) is 0 Å². The van der Waals surface area contributed by atoms with Crippen molar-refractivity contribution in [1.29, 1.82) is 0 Å². The third-order valence-corrected chi connectivity index (χ3v) is 1.16. The van der Waals surface area contributed by atoms with Gasteiger partial charge in [0.1, 0.15) is 0 Å². The van der Waals surface area contributed by atoms with Gasteiger partial charge < -0.3 is 16.6 Å². The number of hydrogen-bond donors (Lipinski definition) is 3. The molecule has 0 amide bonds. The summed E-state index contributed by atoms with van der Waals surface area (Å²) in [5, 5.41) is 8.56. The third kappa shape index (κ3) is 4.14. The predicted octanol–water partition coefficient (Wildman–Crippen LogP) is -0.579. The van der Waals surface area contributed by atoms with Gasteiger partial charge in [0.15, 0.2) is 5.96 Å². The van der Waals surface area contributed by atoms with Crippen molar-refractivity contribution >= 4 is 5.96 Å². The number of aliphatic imine (C=N–C) groups is 1. The molecular formula is C6H15N3O. The number of guanidine groups is 1. The fourth-order valence-corrected chi connectivity index (χ4v) is 0.679. The first-order chi connectivity index (χ1) is 4.48. The molecule has 4 heteroatoms. The van der Waals surface area contributed by atoms with E-state index < -0.39 is 0 Å². The second-order valence-electron chi connectivity index (χ2n) is 2.82. The first-order valence-electron chi connectivity index (χ1n) is 3.19. The van der Waals surface area contributed by atoms with Gasteiger partial charge in [-0.1, -0.05) is 0 Å². The average Bonchev–Trinajstić information content (AvgIpc) is 1.59. The number of rotatable bonds is 3. The lowest BCUT2D eigenvalue weighted by Gasteiger charge is -2.17. The first-order valence-corrected chi connectivity index (χ1v) is 3.19. The number of nitrogens with zero attached hydrogens (tertiary/aromatic N) is 1. The maximum absolute atomic E-state index is 8.56. The van der Waals surface area contributed by atoms with Gasteiger partial charge in [-0.25, -0.2) is 4.99 Å². The lowest BCUT2D eigenvalue weighted by molar-refractivity contribution is 0.254. The van der Waals surface area contributed by atoms with Crippen LogP contribution in [0, 0.1) is 0 Å². The molecule has 10 heavy (non-hydrogen) atoms. The van der Waals surface area contributed by atoms with Crippen LogP contribution in [0.15, 0.2) is 4.99 Å². The van der Waals surface area contributed by atoms with E-state index >= 15 is 0 Å². The summed E-state index contributed by atoms with van der Waals surface area (Å²) in [4.78, 5) is 3.91. The van der Waals surface area contributed by atoms with Crippen molar-refractivity contribution < 1.29 is 5.11 Å². The van der Waals surface area contributed by atoms with Gasteiger partial charge in [-0.3, -0.25) is 0 Å². The smallest absolute Gasteiger partial charge is 0.186 e. The Hall–Kier alpha value is -0.770. The summed E-state index contributed by atoms with van der Waals surface area (Å²) in [7, 11) is 0. The molecule has 5 N–H and O–H groups in total. The molecule has 0 aromatic carbocycles. The van der Waals surface area contributed by atoms with E-state index in [1.165, 1.54) is 0 Å². The van der Waals surface area contributed by atoms with Crippen molar-refractivity contribution in [2.75, 3.05) is 6.61 Å². The minimum atomic E-state index is -0.340. The third-order valence-electron chi connectivity index (χ3n) is 1.16. The second kappa shape index (κ2) is 3.41. The van der Waals surface area contributed by atoms with E-state index in [0.717, 1.165) is 0 Å². The Morgan fingerprint density at radius 1 is 1.50 bits per heavy atom. The van der Waals surface area contributed by atoms with Crippen molar-refractivity contribution in [3.8, 4) is 0 Å². The Kier molecular flexibility index (Phi) is 3.15. The second-order valence-corrected chi connectivity index (χ2v) is 2.82. The van der Waals surface area contributed by atoms with E-state index in [2.05, 4.69) is 4.99 Å². The highest BCUT2D eigenvalue weighted by Crippen LogP contribution is 2.12. The Morgan fingerprint density at radius 2 is 2.00 bits per heavy atom. The van der Waals surface area contributed by atoms with Crippen LogP contribution < -0.4 is 11.5 Å². The Morgan fingerprint density at radius 3 is 2.30 bits per heavy atom. The molecule has 0 aliphatic carbocycles. The van der Waals surface area contributed by atoms with Crippen LogP contribution in [0.5, 0.6) is 0 Å². The van der Waals surface area contributed by atoms with Gasteiger partial charge in [-0.15, -0.1) is 0 Å². The van der Waals surface area contributed by atoms with Crippen LogP contribution in [-0.2, 0) is 0 Å². The number of aliphatic hydroxyl groups is 1. The molecule has 0 rings (SSSR count). The summed E-state index contributed by atoms with van der Waals surface area (Å²) < 4.78 is 0. The van der Waals surface area contributed by atoms with E-state index in [4.69, 9.17) is 16.6 Å². The molecule has 0 bridgehead atoms. The highest BCUT2D eigenvalue weighted by atomic mass is 16.3. The summed E-state index contributed by atoms with van der Waals surface area (Å²) >= 11 is 0. The summed E-state index contributed by atoms with van der Waals surface area (Å²) in [5.41, 5.74) is 9.97. The maximum Gasteiger partial charge on any atom is 0.186 e. The minimum absolute atomic E-state index is 0.0680. The van der Waals surface area contributed by atoms with Gasteiger partial charge in [-0.2, -0.15) is 0 Å². The quantitative estimate of drug-likeness (QED) is 0.367. The maximum atomic E-state index is 8.56. The van der Waals surface area contributed by atoms with Crippen molar-refractivity contribution in [3.63, 3.8) is 0 Å². The molecule has 0 aromatic rings. The summed E-state index contributed by atoms with van der Waals surface area (Å²) in [5.74, 6) is 0.0680. The fourth-order valence-electron chi connectivity index (χ4n) is 0.679. The number of aliphatic hydroxyl groups excluding tert-OH is 1. The molecule has 0 spiro atoms. The van der Waals surface area contributed by atoms with E-state index in [1.807, 2.05) is 13.8 Å². The molecule has 0 fully saturated rings. The van der Waals surface area contributed by atoms with Gasteiger partial charge in [0.2, 0.25) is 0 Å². The largest absolute Gasteiger partial charge is 0.396 e. The highest BCUT2D eigenvalue weighted by molar-refractivity contribution is 5.76. The molecule has 0 radical (unpaired) electrons. The molecule has 0 aliphatic rings. The molecular weight excluding hydrogens is 130 g/mol. The molecule has 0 aliphatic heterocycles. The first kappa shape index (κ1) is 9.23. The predicted molar refractivity (Wildman–Crippen MR) is 41.6 cm³/mol. The van der Waals surface area contributed by atoms with Crippen LogP contribution in [0.1, 0.15) is 20.3 Å². The standard InChI is InChI=1S/C6H15N3O/c1-6(2,3-4-10)9-5(7)8/h10H,3-4H2,1-2H3,(H4,7,8,9). The molecule has 0 atom stereocenters. The summed E-state index contributed by atoms with van der Waals surface area (Å²) in [6.07, 6.45) is 0.574. The zero-order valence-corrected chi connectivity index (χ0v) is 6.46. The molecule has 0 unspecified atom stereocenters. The molecule has 0 saturated heterocycles. The summed E-state index contributed by atoms with van der Waals surface area (Å²) in [6.45, 7) is 3.83. The van der Waals surface area contributed by atoms with Gasteiger partial charge >= 0.3 is 0 Å². The molecule has 0 aromatic heterocycles. The highest BCUT2D eigenvalue weighted by Gasteiger charge is 2.14. The average molecular weight is 145 g/mol. The number of hydrogen-bond acceptors (Lipinski definition) is 2. The monoisotopic (exact) mass is 145 g/mol. The Balaban J connectivity index is 3.98. The lowest BCUT2D eigenvalue weighted by Crippen LogP contribution is -2.30. The number of nitrogens with two attached hydrogens (primary N) is 2. The van der Waals surface area contributed by atoms with Crippen LogP contribution in [0.3, 0.4) is 0 Å². The van der Waals surface area contributed by atoms with Gasteiger partial charge in [0.25, 0.3) is 0 Å². The Bertz CT molecular complexity index is 127. The van der Waals surface area contributed by atoms with Crippen molar-refractivity contribution in [2.24, 2.45) is 16.5 Å². The normalized spacial score (nSPS) is 11.1. The van der Waals surface area contributed by atoms with Crippen molar-refractivity contribution in [2.45, 2.75) is 25.8 Å². The van der Waals surface area contributed by atoms with Gasteiger partial charge in [-0.05, 0) is 20.3 Å². The zero-order chi connectivity index (χ0) is 8.20. The van der Waals surface area contributed by atoms with Crippen LogP contribution >= 0.6 is 0 Å². The molecule has 0 heterocycles. The molecule has 60 valence electrons. The van der Waals surface area contributed by atoms with Crippen molar-refractivity contribution in [1.82, 2.24) is 0 Å². The van der Waals surface area contributed by atoms with E-state index in [-0.39, 0.29) is 18.1 Å². The molecule has 0 saturated carbocycles. The topological polar surface area (TPSA) is 84.6 Å². The SMILES string of the molecule is CC(C)(CCO)N=C(N)N. The van der Waals surface area contributed by atoms with Crippen molar-refractivity contribution in [3.05, 3.63) is 0 Å². The Labute approximate surface area is 60.9 Å². The summed E-state index contributed by atoms with van der Waals surface area (Å²) in [6, 6.07) is 0.